The molecule has 1 fully saturated rings. The van der Waals surface area contributed by atoms with Crippen LogP contribution < -0.4 is 25.6 Å². The van der Waals surface area contributed by atoms with Gasteiger partial charge in [0.05, 0.1) is 17.2 Å². The molecule has 4 aromatic rings. The monoisotopic (exact) mass is 503 g/mol. The van der Waals surface area contributed by atoms with Gasteiger partial charge in [0, 0.05) is 25.4 Å². The van der Waals surface area contributed by atoms with Gasteiger partial charge in [0.1, 0.15) is 36.0 Å². The van der Waals surface area contributed by atoms with Crippen molar-refractivity contribution in [2.24, 2.45) is 0 Å². The van der Waals surface area contributed by atoms with Crippen LogP contribution in [0.15, 0.2) is 59.5 Å². The molecule has 1 saturated heterocycles. The van der Waals surface area contributed by atoms with E-state index < -0.39 is 6.09 Å². The Labute approximate surface area is 211 Å². The second-order valence-electron chi connectivity index (χ2n) is 8.98. The fraction of sp³-hybridized carbons (Fsp3) is 0.269. The maximum absolute atomic E-state index is 13.7. The summed E-state index contributed by atoms with van der Waals surface area (Å²) in [4.78, 5) is 30.9. The van der Waals surface area contributed by atoms with Gasteiger partial charge in [0.15, 0.2) is 11.5 Å². The minimum absolute atomic E-state index is 0.218. The summed E-state index contributed by atoms with van der Waals surface area (Å²) in [5.41, 5.74) is 7.63. The number of piperidine rings is 1. The fourth-order valence-electron chi connectivity index (χ4n) is 5.01. The molecular formula is C26H25N5O6. The van der Waals surface area contributed by atoms with Gasteiger partial charge in [-0.05, 0) is 55.3 Å². The number of fused-ring (bicyclic) bond motifs is 2. The van der Waals surface area contributed by atoms with Crippen LogP contribution in [0.2, 0.25) is 0 Å². The third-order valence-corrected chi connectivity index (χ3v) is 6.69. The average molecular weight is 504 g/mol. The minimum Gasteiger partial charge on any atom is -0.486 e. The molecule has 2 aromatic carbocycles. The van der Waals surface area contributed by atoms with Gasteiger partial charge in [-0.3, -0.25) is 9.13 Å². The van der Waals surface area contributed by atoms with Gasteiger partial charge >= 0.3 is 11.8 Å². The van der Waals surface area contributed by atoms with E-state index in [1.54, 1.807) is 59.3 Å². The molecule has 4 heterocycles. The lowest BCUT2D eigenvalue weighted by atomic mass is 10.1. The Morgan fingerprint density at radius 3 is 2.59 bits per heavy atom. The van der Waals surface area contributed by atoms with Gasteiger partial charge in [0.25, 0.3) is 0 Å². The van der Waals surface area contributed by atoms with Crippen molar-refractivity contribution in [3.05, 3.63) is 65.2 Å². The summed E-state index contributed by atoms with van der Waals surface area (Å²) < 4.78 is 20.3. The van der Waals surface area contributed by atoms with Crippen molar-refractivity contribution in [1.29, 1.82) is 0 Å². The van der Waals surface area contributed by atoms with Crippen molar-refractivity contribution in [3.63, 3.8) is 0 Å². The zero-order valence-corrected chi connectivity index (χ0v) is 19.9. The smallest absolute Gasteiger partial charge is 0.407 e. The van der Waals surface area contributed by atoms with Crippen LogP contribution >= 0.6 is 0 Å². The number of rotatable bonds is 4. The number of hydrogen-bond donors (Lipinski definition) is 2. The molecule has 11 heteroatoms. The molecule has 2 aromatic heterocycles. The molecule has 1 amide bonds. The Morgan fingerprint density at radius 1 is 1.05 bits per heavy atom. The number of aromatic nitrogens is 3. The van der Waals surface area contributed by atoms with Crippen molar-refractivity contribution in [2.75, 3.05) is 32.0 Å². The number of benzene rings is 2. The van der Waals surface area contributed by atoms with E-state index in [0.717, 1.165) is 0 Å². The zero-order valence-electron chi connectivity index (χ0n) is 19.9. The first kappa shape index (κ1) is 22.8. The molecule has 2 aliphatic heterocycles. The molecule has 0 spiro atoms. The second-order valence-corrected chi connectivity index (χ2v) is 8.98. The normalized spacial score (nSPS) is 17.1. The number of amides is 1. The van der Waals surface area contributed by atoms with Crippen LogP contribution in [0, 0.1) is 0 Å². The predicted molar refractivity (Wildman–Crippen MR) is 135 cm³/mol. The minimum atomic E-state index is -0.990. The van der Waals surface area contributed by atoms with Crippen LogP contribution in [0.3, 0.4) is 0 Å². The SMILES string of the molecule is Nc1nccc2c1n(-c1ccc(Oc3ccc4c(c3)OCCO4)cc1)c(=O)n2C1CCCN(C(=O)O)C1. The standard InChI is InChI=1S/C26H25N5O6/c27-24-23-20(9-10-28-24)30(17-2-1-11-29(15-17)26(33)34)25(32)31(23)16-3-5-18(6-4-16)37-19-7-8-21-22(14-19)36-13-12-35-21/h3-10,14,17H,1-2,11-13,15H2,(H2,27,28)(H,33,34). The largest absolute Gasteiger partial charge is 0.486 e. The molecule has 0 radical (unpaired) electrons. The van der Waals surface area contributed by atoms with Crippen LogP contribution in [0.25, 0.3) is 16.7 Å². The number of nitrogens with two attached hydrogens (primary N) is 1. The van der Waals surface area contributed by atoms with E-state index in [0.29, 0.717) is 72.3 Å². The Bertz CT molecular complexity index is 1540. The third-order valence-electron chi connectivity index (χ3n) is 6.69. The highest BCUT2D eigenvalue weighted by atomic mass is 16.6. The topological polar surface area (TPSA) is 134 Å². The first-order valence-corrected chi connectivity index (χ1v) is 12.0. The summed E-state index contributed by atoms with van der Waals surface area (Å²) in [7, 11) is 0. The molecule has 11 nitrogen and oxygen atoms in total. The van der Waals surface area contributed by atoms with Crippen LogP contribution in [0.5, 0.6) is 23.0 Å². The molecule has 0 aliphatic carbocycles. The Hall–Kier alpha value is -4.67. The van der Waals surface area contributed by atoms with Gasteiger partial charge in [-0.2, -0.15) is 0 Å². The van der Waals surface area contributed by atoms with Crippen molar-refractivity contribution in [1.82, 2.24) is 19.0 Å². The number of likely N-dealkylation sites (tertiary alicyclic amines) is 1. The van der Waals surface area contributed by atoms with Crippen LogP contribution in [0.1, 0.15) is 18.9 Å². The fourth-order valence-corrected chi connectivity index (χ4v) is 5.01. The number of hydrogen-bond acceptors (Lipinski definition) is 7. The average Bonchev–Trinajstić information content (AvgIpc) is 3.22. The van der Waals surface area contributed by atoms with Gasteiger partial charge in [-0.25, -0.2) is 14.6 Å². The number of nitrogens with zero attached hydrogens (tertiary/aromatic N) is 4. The Morgan fingerprint density at radius 2 is 1.81 bits per heavy atom. The predicted octanol–water partition coefficient (Wildman–Crippen LogP) is 3.65. The highest BCUT2D eigenvalue weighted by Gasteiger charge is 2.29. The number of pyridine rings is 1. The third kappa shape index (κ3) is 4.07. The molecule has 0 saturated carbocycles. The molecule has 6 rings (SSSR count). The van der Waals surface area contributed by atoms with Crippen molar-refractivity contribution >= 4 is 22.9 Å². The molecular weight excluding hydrogens is 478 g/mol. The van der Waals surface area contributed by atoms with E-state index in [-0.39, 0.29) is 24.1 Å². The number of imidazole rings is 1. The Balaban J connectivity index is 1.35. The van der Waals surface area contributed by atoms with Crippen LogP contribution in [-0.2, 0) is 0 Å². The zero-order chi connectivity index (χ0) is 25.5. The van der Waals surface area contributed by atoms with Crippen molar-refractivity contribution in [3.8, 4) is 28.7 Å². The maximum Gasteiger partial charge on any atom is 0.407 e. The van der Waals surface area contributed by atoms with Crippen molar-refractivity contribution < 1.29 is 24.1 Å². The number of carbonyl (C=O) groups is 1. The first-order chi connectivity index (χ1) is 18.0. The van der Waals surface area contributed by atoms with Gasteiger partial charge in [-0.15, -0.1) is 0 Å². The summed E-state index contributed by atoms with van der Waals surface area (Å²) in [5, 5.41) is 9.48. The summed E-state index contributed by atoms with van der Waals surface area (Å²) in [5.74, 6) is 2.70. The second kappa shape index (κ2) is 9.08. The van der Waals surface area contributed by atoms with E-state index in [1.807, 2.05) is 0 Å². The highest BCUT2D eigenvalue weighted by Crippen LogP contribution is 2.35. The number of carboxylic acid groups (broad SMARTS) is 1. The summed E-state index contributed by atoms with van der Waals surface area (Å²) in [6.07, 6.45) is 1.92. The summed E-state index contributed by atoms with van der Waals surface area (Å²) >= 11 is 0. The first-order valence-electron chi connectivity index (χ1n) is 12.0. The molecule has 3 N–H and O–H groups in total. The van der Waals surface area contributed by atoms with Crippen LogP contribution in [0.4, 0.5) is 10.6 Å². The molecule has 1 unspecified atom stereocenters. The quantitative estimate of drug-likeness (QED) is 0.431. The van der Waals surface area contributed by atoms with E-state index >= 15 is 0 Å². The number of nitrogen functional groups attached to an aromatic ring is 1. The number of ether oxygens (including phenoxy) is 3. The Kier molecular flexibility index (Phi) is 5.59. The highest BCUT2D eigenvalue weighted by molar-refractivity contribution is 5.87. The van der Waals surface area contributed by atoms with Gasteiger partial charge < -0.3 is 30.0 Å². The van der Waals surface area contributed by atoms with E-state index in [2.05, 4.69) is 4.98 Å². The van der Waals surface area contributed by atoms with E-state index in [9.17, 15) is 14.7 Å². The van der Waals surface area contributed by atoms with Gasteiger partial charge in [0.2, 0.25) is 0 Å². The molecule has 37 heavy (non-hydrogen) atoms. The molecule has 0 bridgehead atoms. The summed E-state index contributed by atoms with van der Waals surface area (Å²) in [6.45, 7) is 1.69. The maximum atomic E-state index is 13.7. The summed E-state index contributed by atoms with van der Waals surface area (Å²) in [6, 6.07) is 13.9. The van der Waals surface area contributed by atoms with Gasteiger partial charge in [-0.1, -0.05) is 0 Å². The number of anilines is 1. The molecule has 1 atom stereocenters. The lowest BCUT2D eigenvalue weighted by molar-refractivity contribution is 0.121. The molecule has 2 aliphatic rings. The lowest BCUT2D eigenvalue weighted by Crippen LogP contribution is -2.42. The van der Waals surface area contributed by atoms with Crippen molar-refractivity contribution in [2.45, 2.75) is 18.9 Å². The van der Waals surface area contributed by atoms with E-state index in [4.69, 9.17) is 19.9 Å². The van der Waals surface area contributed by atoms with E-state index in [1.165, 1.54) is 9.47 Å². The van der Waals surface area contributed by atoms with Crippen LogP contribution in [-0.4, -0.2) is 56.5 Å². The molecule has 190 valence electrons. The lowest BCUT2D eigenvalue weighted by Gasteiger charge is -2.31.